The van der Waals surface area contributed by atoms with Crippen LogP contribution in [-0.4, -0.2) is 58.3 Å². The number of carbonyl (C=O) groups is 1. The highest BCUT2D eigenvalue weighted by Gasteiger charge is 2.42. The Morgan fingerprint density at radius 3 is 2.47 bits per heavy atom. The van der Waals surface area contributed by atoms with Crippen LogP contribution in [0.25, 0.3) is 0 Å². The fourth-order valence-corrected chi connectivity index (χ4v) is 1.82. The van der Waals surface area contributed by atoms with E-state index in [9.17, 15) is 20.1 Å². The van der Waals surface area contributed by atoms with Crippen molar-refractivity contribution in [2.45, 2.75) is 57.2 Å². The van der Waals surface area contributed by atoms with Crippen LogP contribution < -0.4 is 5.32 Å². The molecule has 0 bridgehead atoms. The van der Waals surface area contributed by atoms with Gasteiger partial charge in [0.05, 0.1) is 18.6 Å². The molecule has 17 heavy (non-hydrogen) atoms. The van der Waals surface area contributed by atoms with E-state index in [1.165, 1.54) is 0 Å². The van der Waals surface area contributed by atoms with Gasteiger partial charge in [-0.1, -0.05) is 6.92 Å². The number of nitrogens with one attached hydrogen (secondary N) is 1. The molecule has 0 aromatic rings. The smallest absolute Gasteiger partial charge is 0.222 e. The number of aliphatic hydroxyl groups is 3. The van der Waals surface area contributed by atoms with Crippen molar-refractivity contribution in [3.05, 3.63) is 0 Å². The van der Waals surface area contributed by atoms with E-state index in [0.717, 1.165) is 6.42 Å². The van der Waals surface area contributed by atoms with E-state index in [4.69, 9.17) is 4.74 Å². The third kappa shape index (κ3) is 3.64. The molecule has 1 unspecified atom stereocenters. The fraction of sp³-hybridized carbons (Fsp3) is 0.909. The van der Waals surface area contributed by atoms with E-state index in [1.807, 2.05) is 6.92 Å². The first-order valence-corrected chi connectivity index (χ1v) is 5.93. The fourth-order valence-electron chi connectivity index (χ4n) is 1.82. The quantitative estimate of drug-likeness (QED) is 0.499. The van der Waals surface area contributed by atoms with Crippen molar-refractivity contribution in [2.24, 2.45) is 0 Å². The first-order chi connectivity index (χ1) is 7.97. The predicted octanol–water partition coefficient (Wildman–Crippen LogP) is -1.23. The molecule has 1 rings (SSSR count). The summed E-state index contributed by atoms with van der Waals surface area (Å²) < 4.78 is 5.31. The minimum absolute atomic E-state index is 0.0186. The van der Waals surface area contributed by atoms with Gasteiger partial charge in [-0.15, -0.1) is 0 Å². The Bertz CT molecular complexity index is 260. The average molecular weight is 247 g/mol. The monoisotopic (exact) mass is 247 g/mol. The number of aliphatic hydroxyl groups excluding tert-OH is 3. The molecule has 1 fully saturated rings. The molecule has 1 aliphatic heterocycles. The highest BCUT2D eigenvalue weighted by Crippen LogP contribution is 2.22. The molecule has 1 saturated heterocycles. The summed E-state index contributed by atoms with van der Waals surface area (Å²) in [6.07, 6.45) is -4.21. The van der Waals surface area contributed by atoms with Gasteiger partial charge in [0.25, 0.3) is 0 Å². The molecule has 5 atom stereocenters. The normalized spacial score (nSPS) is 37.8. The predicted molar refractivity (Wildman–Crippen MR) is 60.3 cm³/mol. The second-order valence-electron chi connectivity index (χ2n) is 4.41. The summed E-state index contributed by atoms with van der Waals surface area (Å²) >= 11 is 0. The molecular weight excluding hydrogens is 226 g/mol. The second kappa shape index (κ2) is 6.30. The SMILES string of the molecule is CCCNC(=O)CC1O[C@@H](C)[C@H](O)[C@@H](O)[C@H]1O. The van der Waals surface area contributed by atoms with Crippen molar-refractivity contribution in [1.29, 1.82) is 0 Å². The zero-order chi connectivity index (χ0) is 13.0. The Balaban J connectivity index is 2.50. The molecule has 1 aliphatic rings. The average Bonchev–Trinajstić information content (AvgIpc) is 2.30. The van der Waals surface area contributed by atoms with Crippen LogP contribution in [0.1, 0.15) is 26.7 Å². The molecule has 1 amide bonds. The molecule has 0 spiro atoms. The van der Waals surface area contributed by atoms with Crippen LogP contribution in [0, 0.1) is 0 Å². The highest BCUT2D eigenvalue weighted by atomic mass is 16.5. The Morgan fingerprint density at radius 1 is 1.24 bits per heavy atom. The summed E-state index contributed by atoms with van der Waals surface area (Å²) in [6.45, 7) is 4.10. The van der Waals surface area contributed by atoms with E-state index in [-0.39, 0.29) is 12.3 Å². The van der Waals surface area contributed by atoms with Crippen molar-refractivity contribution in [3.63, 3.8) is 0 Å². The van der Waals surface area contributed by atoms with Gasteiger partial charge in [-0.3, -0.25) is 4.79 Å². The van der Waals surface area contributed by atoms with Gasteiger partial charge in [0, 0.05) is 6.54 Å². The van der Waals surface area contributed by atoms with Crippen molar-refractivity contribution < 1.29 is 24.9 Å². The van der Waals surface area contributed by atoms with Gasteiger partial charge < -0.3 is 25.4 Å². The van der Waals surface area contributed by atoms with Crippen LogP contribution in [0.4, 0.5) is 0 Å². The summed E-state index contributed by atoms with van der Waals surface area (Å²) in [4.78, 5) is 11.5. The van der Waals surface area contributed by atoms with E-state index in [2.05, 4.69) is 5.32 Å². The lowest BCUT2D eigenvalue weighted by molar-refractivity contribution is -0.218. The molecule has 6 nitrogen and oxygen atoms in total. The maximum atomic E-state index is 11.5. The lowest BCUT2D eigenvalue weighted by Gasteiger charge is -2.39. The summed E-state index contributed by atoms with van der Waals surface area (Å²) in [5, 5.41) is 31.4. The highest BCUT2D eigenvalue weighted by molar-refractivity contribution is 5.76. The molecular formula is C11H21NO5. The molecule has 100 valence electrons. The zero-order valence-corrected chi connectivity index (χ0v) is 10.2. The number of carbonyl (C=O) groups excluding carboxylic acids is 1. The van der Waals surface area contributed by atoms with E-state index in [0.29, 0.717) is 6.54 Å². The van der Waals surface area contributed by atoms with Gasteiger partial charge in [-0.2, -0.15) is 0 Å². The van der Waals surface area contributed by atoms with E-state index >= 15 is 0 Å². The minimum atomic E-state index is -1.28. The van der Waals surface area contributed by atoms with Crippen LogP contribution in [0.3, 0.4) is 0 Å². The number of rotatable bonds is 4. The first-order valence-electron chi connectivity index (χ1n) is 5.93. The topological polar surface area (TPSA) is 99.0 Å². The molecule has 0 radical (unpaired) electrons. The Morgan fingerprint density at radius 2 is 1.88 bits per heavy atom. The number of amides is 1. The van der Waals surface area contributed by atoms with Gasteiger partial charge in [-0.05, 0) is 13.3 Å². The number of ether oxygens (including phenoxy) is 1. The molecule has 0 aromatic heterocycles. The van der Waals surface area contributed by atoms with Crippen molar-refractivity contribution in [2.75, 3.05) is 6.54 Å². The molecule has 6 heteroatoms. The Labute approximate surface area is 101 Å². The van der Waals surface area contributed by atoms with Gasteiger partial charge in [0.2, 0.25) is 5.91 Å². The van der Waals surface area contributed by atoms with Crippen LogP contribution in [0.15, 0.2) is 0 Å². The molecule has 4 N–H and O–H groups in total. The standard InChI is InChI=1S/C11H21NO5/c1-3-4-12-8(13)5-7-10(15)11(16)9(14)6(2)17-7/h6-7,9-11,14-16H,3-5H2,1-2H3,(H,12,13)/t6-,7?,9-,10-,11+/m0/s1. The van der Waals surface area contributed by atoms with Crippen LogP contribution >= 0.6 is 0 Å². The van der Waals surface area contributed by atoms with Crippen molar-refractivity contribution >= 4 is 5.91 Å². The maximum absolute atomic E-state index is 11.5. The third-order valence-electron chi connectivity index (χ3n) is 2.91. The van der Waals surface area contributed by atoms with E-state index in [1.54, 1.807) is 6.92 Å². The van der Waals surface area contributed by atoms with Gasteiger partial charge in [0.1, 0.15) is 18.3 Å². The summed E-state index contributed by atoms with van der Waals surface area (Å²) in [5.41, 5.74) is 0. The first kappa shape index (κ1) is 14.4. The van der Waals surface area contributed by atoms with Gasteiger partial charge >= 0.3 is 0 Å². The second-order valence-corrected chi connectivity index (χ2v) is 4.41. The lowest BCUT2D eigenvalue weighted by atomic mass is 9.94. The largest absolute Gasteiger partial charge is 0.388 e. The molecule has 0 aromatic carbocycles. The number of hydrogen-bond donors (Lipinski definition) is 4. The third-order valence-corrected chi connectivity index (χ3v) is 2.91. The maximum Gasteiger partial charge on any atom is 0.222 e. The lowest BCUT2D eigenvalue weighted by Crippen LogP contribution is -2.57. The van der Waals surface area contributed by atoms with Gasteiger partial charge in [0.15, 0.2) is 0 Å². The Kier molecular flexibility index (Phi) is 5.32. The van der Waals surface area contributed by atoms with Crippen molar-refractivity contribution in [1.82, 2.24) is 5.32 Å². The van der Waals surface area contributed by atoms with Gasteiger partial charge in [-0.25, -0.2) is 0 Å². The summed E-state index contributed by atoms with van der Waals surface area (Å²) in [5.74, 6) is -0.230. The van der Waals surface area contributed by atoms with Crippen LogP contribution in [0.5, 0.6) is 0 Å². The molecule has 0 aliphatic carbocycles. The minimum Gasteiger partial charge on any atom is -0.388 e. The zero-order valence-electron chi connectivity index (χ0n) is 10.2. The molecule has 1 heterocycles. The summed E-state index contributed by atoms with van der Waals surface area (Å²) in [7, 11) is 0. The van der Waals surface area contributed by atoms with E-state index < -0.39 is 30.5 Å². The number of hydrogen-bond acceptors (Lipinski definition) is 5. The van der Waals surface area contributed by atoms with Crippen LogP contribution in [-0.2, 0) is 9.53 Å². The Hall–Kier alpha value is -0.690. The van der Waals surface area contributed by atoms with Crippen LogP contribution in [0.2, 0.25) is 0 Å². The van der Waals surface area contributed by atoms with Crippen molar-refractivity contribution in [3.8, 4) is 0 Å². The summed E-state index contributed by atoms with van der Waals surface area (Å²) in [6, 6.07) is 0. The molecule has 0 saturated carbocycles.